The average Bonchev–Trinajstić information content (AvgIpc) is 2.35. The van der Waals surface area contributed by atoms with Gasteiger partial charge in [0.25, 0.3) is 0 Å². The van der Waals surface area contributed by atoms with Crippen LogP contribution in [-0.4, -0.2) is 27.7 Å². The summed E-state index contributed by atoms with van der Waals surface area (Å²) in [6.07, 6.45) is -5.62. The Morgan fingerprint density at radius 2 is 1.86 bits per heavy atom. The van der Waals surface area contributed by atoms with Crippen LogP contribution in [-0.2, 0) is 10.0 Å². The van der Waals surface area contributed by atoms with Gasteiger partial charge in [-0.15, -0.1) is 0 Å². The van der Waals surface area contributed by atoms with E-state index in [0.29, 0.717) is 0 Å². The Kier molecular flexibility index (Phi) is 5.77. The predicted octanol–water partition coefficient (Wildman–Crippen LogP) is 2.59. The monoisotopic (exact) mass is 324 g/mol. The van der Waals surface area contributed by atoms with Crippen molar-refractivity contribution >= 4 is 10.0 Å². The first-order valence-corrected chi connectivity index (χ1v) is 7.90. The highest BCUT2D eigenvalue weighted by Crippen LogP contribution is 2.23. The fourth-order valence-electron chi connectivity index (χ4n) is 1.84. The summed E-state index contributed by atoms with van der Waals surface area (Å²) in [5.74, 6) is 0. The van der Waals surface area contributed by atoms with Crippen molar-refractivity contribution in [2.75, 3.05) is 7.05 Å². The van der Waals surface area contributed by atoms with Gasteiger partial charge in [-0.05, 0) is 38.6 Å². The summed E-state index contributed by atoms with van der Waals surface area (Å²) in [5, 5.41) is 2.97. The molecule has 1 aromatic rings. The second-order valence-corrected chi connectivity index (χ2v) is 6.64. The number of benzene rings is 1. The number of alkyl halides is 3. The van der Waals surface area contributed by atoms with Crippen LogP contribution in [0.1, 0.15) is 31.9 Å². The quantitative estimate of drug-likeness (QED) is 0.845. The van der Waals surface area contributed by atoms with E-state index < -0.39 is 28.7 Å². The van der Waals surface area contributed by atoms with Gasteiger partial charge in [0.15, 0.2) is 0 Å². The van der Waals surface area contributed by atoms with E-state index in [9.17, 15) is 21.6 Å². The summed E-state index contributed by atoms with van der Waals surface area (Å²) in [6, 6.07) is 4.83. The number of rotatable bonds is 6. The highest BCUT2D eigenvalue weighted by molar-refractivity contribution is 7.89. The van der Waals surface area contributed by atoms with E-state index >= 15 is 0 Å². The zero-order chi connectivity index (χ0) is 16.3. The molecular weight excluding hydrogens is 305 g/mol. The molecule has 21 heavy (non-hydrogen) atoms. The topological polar surface area (TPSA) is 58.2 Å². The van der Waals surface area contributed by atoms with Crippen LogP contribution in [0, 0.1) is 0 Å². The van der Waals surface area contributed by atoms with Gasteiger partial charge >= 0.3 is 6.18 Å². The van der Waals surface area contributed by atoms with Crippen molar-refractivity contribution in [3.05, 3.63) is 29.8 Å². The third-order valence-electron chi connectivity index (χ3n) is 3.00. The maximum Gasteiger partial charge on any atom is 0.390 e. The van der Waals surface area contributed by atoms with Crippen LogP contribution in [0.4, 0.5) is 13.2 Å². The molecule has 0 heterocycles. The van der Waals surface area contributed by atoms with Crippen molar-refractivity contribution in [2.45, 2.75) is 43.4 Å². The summed E-state index contributed by atoms with van der Waals surface area (Å²) in [5.41, 5.74) is 0.740. The third-order valence-corrected chi connectivity index (χ3v) is 4.58. The van der Waals surface area contributed by atoms with Crippen LogP contribution in [0.2, 0.25) is 0 Å². The third kappa shape index (κ3) is 5.64. The van der Waals surface area contributed by atoms with Gasteiger partial charge in [-0.3, -0.25) is 0 Å². The van der Waals surface area contributed by atoms with E-state index in [1.54, 1.807) is 19.2 Å². The van der Waals surface area contributed by atoms with E-state index in [-0.39, 0.29) is 10.9 Å². The Bertz CT molecular complexity index is 573. The van der Waals surface area contributed by atoms with Crippen molar-refractivity contribution in [3.63, 3.8) is 0 Å². The molecule has 2 unspecified atom stereocenters. The second-order valence-electron chi connectivity index (χ2n) is 4.92. The van der Waals surface area contributed by atoms with Crippen LogP contribution >= 0.6 is 0 Å². The van der Waals surface area contributed by atoms with Crippen molar-refractivity contribution in [1.82, 2.24) is 10.0 Å². The summed E-state index contributed by atoms with van der Waals surface area (Å²) in [6.45, 7) is 3.04. The number of halogens is 3. The molecule has 0 aliphatic rings. The van der Waals surface area contributed by atoms with Crippen molar-refractivity contribution in [1.29, 1.82) is 0 Å². The first-order valence-electron chi connectivity index (χ1n) is 6.41. The Morgan fingerprint density at radius 3 is 2.38 bits per heavy atom. The molecule has 1 rings (SSSR count). The Morgan fingerprint density at radius 1 is 1.24 bits per heavy atom. The van der Waals surface area contributed by atoms with E-state index in [4.69, 9.17) is 0 Å². The maximum atomic E-state index is 12.3. The molecule has 0 spiro atoms. The minimum absolute atomic E-state index is 0.0453. The molecule has 0 bridgehead atoms. The molecule has 0 aromatic heterocycles. The molecule has 0 fully saturated rings. The molecule has 2 atom stereocenters. The van der Waals surface area contributed by atoms with Crippen molar-refractivity contribution in [2.24, 2.45) is 0 Å². The van der Waals surface area contributed by atoms with Gasteiger partial charge in [0.05, 0.1) is 11.3 Å². The Hall–Kier alpha value is -1.12. The highest BCUT2D eigenvalue weighted by Gasteiger charge is 2.32. The lowest BCUT2D eigenvalue weighted by atomic mass is 10.1. The average molecular weight is 324 g/mol. The maximum absolute atomic E-state index is 12.3. The molecule has 0 saturated carbocycles. The minimum Gasteiger partial charge on any atom is -0.313 e. The summed E-state index contributed by atoms with van der Waals surface area (Å²) >= 11 is 0. The van der Waals surface area contributed by atoms with E-state index in [2.05, 4.69) is 5.32 Å². The van der Waals surface area contributed by atoms with Gasteiger partial charge in [0, 0.05) is 12.1 Å². The molecular formula is C13H19F3N2O2S. The van der Waals surface area contributed by atoms with Crippen LogP contribution in [0.3, 0.4) is 0 Å². The highest BCUT2D eigenvalue weighted by atomic mass is 32.2. The summed E-state index contributed by atoms with van der Waals surface area (Å²) in [4.78, 5) is -0.0453. The van der Waals surface area contributed by atoms with Gasteiger partial charge in [-0.1, -0.05) is 12.1 Å². The van der Waals surface area contributed by atoms with Crippen LogP contribution < -0.4 is 10.0 Å². The minimum atomic E-state index is -4.41. The lowest BCUT2D eigenvalue weighted by Crippen LogP contribution is -2.36. The predicted molar refractivity (Wildman–Crippen MR) is 74.4 cm³/mol. The number of hydrogen-bond donors (Lipinski definition) is 2. The fourth-order valence-corrected chi connectivity index (χ4v) is 3.14. The Balaban J connectivity index is 2.93. The SMILES string of the molecule is CNC(C)c1cccc(S(=O)(=O)NC(C)CC(F)(F)F)c1. The van der Waals surface area contributed by atoms with Crippen LogP contribution in [0.15, 0.2) is 29.2 Å². The van der Waals surface area contributed by atoms with Gasteiger partial charge in [-0.2, -0.15) is 13.2 Å². The smallest absolute Gasteiger partial charge is 0.313 e. The molecule has 0 radical (unpaired) electrons. The molecule has 0 saturated heterocycles. The summed E-state index contributed by atoms with van der Waals surface area (Å²) in [7, 11) is -2.24. The molecule has 8 heteroatoms. The lowest BCUT2D eigenvalue weighted by Gasteiger charge is -2.17. The van der Waals surface area contributed by atoms with Crippen molar-refractivity contribution in [3.8, 4) is 0 Å². The molecule has 0 aliphatic heterocycles. The van der Waals surface area contributed by atoms with E-state index in [1.807, 2.05) is 11.6 Å². The zero-order valence-corrected chi connectivity index (χ0v) is 12.8. The van der Waals surface area contributed by atoms with Crippen molar-refractivity contribution < 1.29 is 21.6 Å². The number of sulfonamides is 1. The van der Waals surface area contributed by atoms with Gasteiger partial charge < -0.3 is 5.32 Å². The van der Waals surface area contributed by atoms with E-state index in [0.717, 1.165) is 5.56 Å². The zero-order valence-electron chi connectivity index (χ0n) is 12.0. The lowest BCUT2D eigenvalue weighted by molar-refractivity contribution is -0.137. The Labute approximate surface area is 122 Å². The molecule has 0 aliphatic carbocycles. The fraction of sp³-hybridized carbons (Fsp3) is 0.538. The summed E-state index contributed by atoms with van der Waals surface area (Å²) < 4.78 is 63.0. The first kappa shape index (κ1) is 17.9. The first-order chi connectivity index (χ1) is 9.55. The molecule has 2 N–H and O–H groups in total. The normalized spacial score (nSPS) is 15.7. The van der Waals surface area contributed by atoms with Gasteiger partial charge in [0.2, 0.25) is 10.0 Å². The van der Waals surface area contributed by atoms with Gasteiger partial charge in [0.1, 0.15) is 0 Å². The van der Waals surface area contributed by atoms with Gasteiger partial charge in [-0.25, -0.2) is 13.1 Å². The second kappa shape index (κ2) is 6.76. The molecule has 120 valence electrons. The standard InChI is InChI=1S/C13H19F3N2O2S/c1-9(8-13(14,15)16)18-21(19,20)12-6-4-5-11(7-12)10(2)17-3/h4-7,9-10,17-18H,8H2,1-3H3. The molecule has 0 amide bonds. The number of nitrogens with one attached hydrogen (secondary N) is 2. The number of hydrogen-bond acceptors (Lipinski definition) is 3. The largest absolute Gasteiger partial charge is 0.390 e. The van der Waals surface area contributed by atoms with Crippen LogP contribution in [0.5, 0.6) is 0 Å². The molecule has 4 nitrogen and oxygen atoms in total. The van der Waals surface area contributed by atoms with E-state index in [1.165, 1.54) is 19.1 Å². The molecule has 1 aromatic carbocycles. The van der Waals surface area contributed by atoms with Crippen LogP contribution in [0.25, 0.3) is 0 Å².